The second-order valence-corrected chi connectivity index (χ2v) is 7.40. The van der Waals surface area contributed by atoms with Crippen molar-refractivity contribution in [1.29, 1.82) is 0 Å². The Bertz CT molecular complexity index is 771. The summed E-state index contributed by atoms with van der Waals surface area (Å²) in [4.78, 5) is 14.9. The van der Waals surface area contributed by atoms with Gasteiger partial charge in [-0.05, 0) is 63.9 Å². The Hall–Kier alpha value is -2.20. The van der Waals surface area contributed by atoms with Crippen molar-refractivity contribution in [3.63, 3.8) is 0 Å². The van der Waals surface area contributed by atoms with E-state index in [1.807, 2.05) is 26.0 Å². The van der Waals surface area contributed by atoms with Crippen LogP contribution in [-0.2, 0) is 11.3 Å². The minimum absolute atomic E-state index is 0.0203. The topological polar surface area (TPSA) is 32.3 Å². The molecule has 2 aromatic rings. The molecule has 4 heteroatoms. The molecule has 1 amide bonds. The first-order valence-corrected chi connectivity index (χ1v) is 9.28. The van der Waals surface area contributed by atoms with Gasteiger partial charge < -0.3 is 5.32 Å². The second kappa shape index (κ2) is 8.00. The van der Waals surface area contributed by atoms with Gasteiger partial charge in [-0.15, -0.1) is 0 Å². The van der Waals surface area contributed by atoms with Crippen molar-refractivity contribution >= 4 is 11.6 Å². The number of rotatable bonds is 4. The monoisotopic (exact) mass is 354 g/mol. The van der Waals surface area contributed by atoms with Crippen LogP contribution in [0.5, 0.6) is 0 Å². The maximum atomic E-state index is 13.8. The van der Waals surface area contributed by atoms with Crippen molar-refractivity contribution < 1.29 is 9.18 Å². The Balaban J connectivity index is 1.56. The van der Waals surface area contributed by atoms with Crippen LogP contribution in [0.3, 0.4) is 0 Å². The average Bonchev–Trinajstić information content (AvgIpc) is 2.60. The molecule has 0 aliphatic carbocycles. The van der Waals surface area contributed by atoms with Gasteiger partial charge in [0.2, 0.25) is 5.91 Å². The van der Waals surface area contributed by atoms with E-state index in [-0.39, 0.29) is 17.6 Å². The summed E-state index contributed by atoms with van der Waals surface area (Å²) in [6, 6.07) is 11.1. The van der Waals surface area contributed by atoms with Gasteiger partial charge in [-0.25, -0.2) is 4.39 Å². The fraction of sp³-hybridized carbons (Fsp3) is 0.409. The largest absolute Gasteiger partial charge is 0.325 e. The van der Waals surface area contributed by atoms with Gasteiger partial charge in [0.25, 0.3) is 0 Å². The van der Waals surface area contributed by atoms with Crippen LogP contribution >= 0.6 is 0 Å². The molecule has 1 aliphatic heterocycles. The standard InChI is InChI=1S/C22H27FN2O/c1-15-12-16(2)21(17(3)13-15)24-22(26)18-8-10-25(11-9-18)14-19-6-4-5-7-20(19)23/h4-7,12-13,18H,8-11,14H2,1-3H3,(H,24,26). The van der Waals surface area contributed by atoms with Gasteiger partial charge in [-0.3, -0.25) is 9.69 Å². The third-order valence-electron chi connectivity index (χ3n) is 5.24. The Morgan fingerprint density at radius 1 is 1.12 bits per heavy atom. The first-order chi connectivity index (χ1) is 12.4. The molecule has 0 unspecified atom stereocenters. The van der Waals surface area contributed by atoms with Gasteiger partial charge in [0.1, 0.15) is 5.82 Å². The zero-order valence-electron chi connectivity index (χ0n) is 15.8. The lowest BCUT2D eigenvalue weighted by atomic mass is 9.95. The van der Waals surface area contributed by atoms with Crippen LogP contribution in [0.25, 0.3) is 0 Å². The van der Waals surface area contributed by atoms with E-state index in [2.05, 4.69) is 29.3 Å². The molecule has 0 atom stereocenters. The summed E-state index contributed by atoms with van der Waals surface area (Å²) in [5.41, 5.74) is 5.08. The van der Waals surface area contributed by atoms with E-state index < -0.39 is 0 Å². The number of aryl methyl sites for hydroxylation is 3. The highest BCUT2D eigenvalue weighted by Crippen LogP contribution is 2.25. The van der Waals surface area contributed by atoms with E-state index in [0.29, 0.717) is 6.54 Å². The SMILES string of the molecule is Cc1cc(C)c(NC(=O)C2CCN(Cc3ccccc3F)CC2)c(C)c1. The number of piperidine rings is 1. The number of carbonyl (C=O) groups is 1. The van der Waals surface area contributed by atoms with E-state index in [9.17, 15) is 9.18 Å². The Kier molecular flexibility index (Phi) is 5.72. The van der Waals surface area contributed by atoms with E-state index in [4.69, 9.17) is 0 Å². The number of likely N-dealkylation sites (tertiary alicyclic amines) is 1. The molecule has 0 radical (unpaired) electrons. The fourth-order valence-corrected chi connectivity index (χ4v) is 3.82. The van der Waals surface area contributed by atoms with Crippen molar-refractivity contribution in [3.8, 4) is 0 Å². The predicted molar refractivity (Wildman–Crippen MR) is 104 cm³/mol. The lowest BCUT2D eigenvalue weighted by molar-refractivity contribution is -0.121. The summed E-state index contributed by atoms with van der Waals surface area (Å²) in [6.45, 7) is 8.38. The molecule has 3 rings (SSSR count). The second-order valence-electron chi connectivity index (χ2n) is 7.40. The van der Waals surface area contributed by atoms with Crippen LogP contribution in [0.1, 0.15) is 35.1 Å². The first-order valence-electron chi connectivity index (χ1n) is 9.28. The third kappa shape index (κ3) is 4.31. The maximum absolute atomic E-state index is 13.8. The van der Waals surface area contributed by atoms with E-state index in [0.717, 1.165) is 48.3 Å². The molecule has 1 N–H and O–H groups in total. The van der Waals surface area contributed by atoms with Gasteiger partial charge in [0.15, 0.2) is 0 Å². The van der Waals surface area contributed by atoms with Crippen LogP contribution in [0, 0.1) is 32.5 Å². The molecule has 1 fully saturated rings. The Morgan fingerprint density at radius 3 is 2.35 bits per heavy atom. The summed E-state index contributed by atoms with van der Waals surface area (Å²) >= 11 is 0. The molecule has 1 heterocycles. The normalized spacial score (nSPS) is 15.8. The van der Waals surface area contributed by atoms with Crippen molar-refractivity contribution in [1.82, 2.24) is 4.90 Å². The van der Waals surface area contributed by atoms with Crippen molar-refractivity contribution in [2.45, 2.75) is 40.2 Å². The number of anilines is 1. The smallest absolute Gasteiger partial charge is 0.227 e. The van der Waals surface area contributed by atoms with Crippen molar-refractivity contribution in [2.24, 2.45) is 5.92 Å². The Labute approximate surface area is 155 Å². The Morgan fingerprint density at radius 2 is 1.73 bits per heavy atom. The zero-order valence-corrected chi connectivity index (χ0v) is 15.8. The number of nitrogens with one attached hydrogen (secondary N) is 1. The molecule has 1 aliphatic rings. The molecule has 1 saturated heterocycles. The van der Waals surface area contributed by atoms with Crippen LogP contribution in [-0.4, -0.2) is 23.9 Å². The number of hydrogen-bond acceptors (Lipinski definition) is 2. The zero-order chi connectivity index (χ0) is 18.7. The molecule has 3 nitrogen and oxygen atoms in total. The van der Waals surface area contributed by atoms with Crippen LogP contribution < -0.4 is 5.32 Å². The minimum Gasteiger partial charge on any atom is -0.325 e. The van der Waals surface area contributed by atoms with E-state index >= 15 is 0 Å². The maximum Gasteiger partial charge on any atom is 0.227 e. The van der Waals surface area contributed by atoms with E-state index in [1.165, 1.54) is 11.6 Å². The predicted octanol–water partition coefficient (Wildman–Crippen LogP) is 4.60. The first kappa shape index (κ1) is 18.6. The molecule has 26 heavy (non-hydrogen) atoms. The number of amides is 1. The summed E-state index contributed by atoms with van der Waals surface area (Å²) < 4.78 is 13.8. The van der Waals surface area contributed by atoms with E-state index in [1.54, 1.807) is 6.07 Å². The highest BCUT2D eigenvalue weighted by atomic mass is 19.1. The lowest BCUT2D eigenvalue weighted by Gasteiger charge is -2.31. The van der Waals surface area contributed by atoms with Gasteiger partial charge in [0.05, 0.1) is 0 Å². The number of benzene rings is 2. The van der Waals surface area contributed by atoms with Crippen LogP contribution in [0.2, 0.25) is 0 Å². The summed E-state index contributed by atoms with van der Waals surface area (Å²) in [5.74, 6) is -0.0322. The van der Waals surface area contributed by atoms with Gasteiger partial charge >= 0.3 is 0 Å². The molecule has 0 bridgehead atoms. The van der Waals surface area contributed by atoms with Crippen molar-refractivity contribution in [3.05, 3.63) is 64.5 Å². The number of nitrogens with zero attached hydrogens (tertiary/aromatic N) is 1. The molecule has 0 aromatic heterocycles. The summed E-state index contributed by atoms with van der Waals surface area (Å²) in [5, 5.41) is 3.13. The molecular weight excluding hydrogens is 327 g/mol. The fourth-order valence-electron chi connectivity index (χ4n) is 3.82. The number of carbonyl (C=O) groups excluding carboxylic acids is 1. The van der Waals surface area contributed by atoms with Crippen LogP contribution in [0.4, 0.5) is 10.1 Å². The minimum atomic E-state index is -0.155. The highest BCUT2D eigenvalue weighted by molar-refractivity contribution is 5.94. The number of hydrogen-bond donors (Lipinski definition) is 1. The quantitative estimate of drug-likeness (QED) is 0.870. The molecule has 138 valence electrons. The van der Waals surface area contributed by atoms with Gasteiger partial charge in [-0.2, -0.15) is 0 Å². The third-order valence-corrected chi connectivity index (χ3v) is 5.24. The van der Waals surface area contributed by atoms with Crippen molar-refractivity contribution in [2.75, 3.05) is 18.4 Å². The average molecular weight is 354 g/mol. The molecule has 2 aromatic carbocycles. The number of halogens is 1. The van der Waals surface area contributed by atoms with Gasteiger partial charge in [0, 0.05) is 23.7 Å². The molecule has 0 spiro atoms. The molecule has 0 saturated carbocycles. The summed E-state index contributed by atoms with van der Waals surface area (Å²) in [7, 11) is 0. The molecular formula is C22H27FN2O. The van der Waals surface area contributed by atoms with Gasteiger partial charge in [-0.1, -0.05) is 35.9 Å². The lowest BCUT2D eigenvalue weighted by Crippen LogP contribution is -2.38. The highest BCUT2D eigenvalue weighted by Gasteiger charge is 2.26. The summed E-state index contributed by atoms with van der Waals surface area (Å²) in [6.07, 6.45) is 1.62. The van der Waals surface area contributed by atoms with Crippen LogP contribution in [0.15, 0.2) is 36.4 Å².